The van der Waals surface area contributed by atoms with E-state index in [-0.39, 0.29) is 23.0 Å². The third-order valence-electron chi connectivity index (χ3n) is 2.62. The highest BCUT2D eigenvalue weighted by atomic mass is 16.5. The van der Waals surface area contributed by atoms with E-state index in [2.05, 4.69) is 0 Å². The van der Waals surface area contributed by atoms with Crippen molar-refractivity contribution in [3.63, 3.8) is 0 Å². The number of phenols is 4. The van der Waals surface area contributed by atoms with Crippen LogP contribution in [0.1, 0.15) is 38.8 Å². The molecule has 2 aromatic rings. The van der Waals surface area contributed by atoms with Gasteiger partial charge in [0.2, 0.25) is 11.5 Å². The molecule has 196 valence electrons. The SMILES string of the molecule is CC(=O)O.CC(=O)O.CC(=O)O.CC(=O)O.Cc1cc(O)c(O)c(Oc2cc(C)cc(O)c2O)c1. The zero-order chi connectivity index (χ0) is 28.5. The highest BCUT2D eigenvalue weighted by Crippen LogP contribution is 2.43. The van der Waals surface area contributed by atoms with Crippen LogP contribution in [0.3, 0.4) is 0 Å². The molecule has 0 fully saturated rings. The lowest BCUT2D eigenvalue weighted by molar-refractivity contribution is -0.135. The van der Waals surface area contributed by atoms with E-state index >= 15 is 0 Å². The van der Waals surface area contributed by atoms with Crippen molar-refractivity contribution in [3.05, 3.63) is 35.4 Å². The van der Waals surface area contributed by atoms with Gasteiger partial charge in [0, 0.05) is 27.7 Å². The average Bonchev–Trinajstić information content (AvgIpc) is 2.61. The lowest BCUT2D eigenvalue weighted by Crippen LogP contribution is -1.88. The van der Waals surface area contributed by atoms with E-state index < -0.39 is 35.4 Å². The average molecular weight is 502 g/mol. The number of hydrogen-bond acceptors (Lipinski definition) is 9. The molecule has 0 aliphatic rings. The maximum absolute atomic E-state index is 9.69. The maximum Gasteiger partial charge on any atom is 0.300 e. The van der Waals surface area contributed by atoms with Gasteiger partial charge in [-0.05, 0) is 49.2 Å². The second-order valence-electron chi connectivity index (χ2n) is 6.44. The first-order chi connectivity index (χ1) is 15.8. The first-order valence-corrected chi connectivity index (χ1v) is 9.32. The summed E-state index contributed by atoms with van der Waals surface area (Å²) < 4.78 is 5.34. The largest absolute Gasteiger partial charge is 0.504 e. The lowest BCUT2D eigenvalue weighted by Gasteiger charge is -2.12. The predicted molar refractivity (Wildman–Crippen MR) is 122 cm³/mol. The molecule has 0 aliphatic carbocycles. The number of carboxylic acids is 4. The van der Waals surface area contributed by atoms with Crippen LogP contribution in [0.5, 0.6) is 34.5 Å². The Morgan fingerprint density at radius 2 is 0.743 bits per heavy atom. The fourth-order valence-electron chi connectivity index (χ4n) is 1.73. The predicted octanol–water partition coefficient (Wildman–Crippen LogP) is 3.28. The van der Waals surface area contributed by atoms with Gasteiger partial charge in [-0.1, -0.05) is 0 Å². The maximum atomic E-state index is 9.69. The van der Waals surface area contributed by atoms with Crippen molar-refractivity contribution in [3.8, 4) is 34.5 Å². The summed E-state index contributed by atoms with van der Waals surface area (Å²) in [7, 11) is 0. The zero-order valence-electron chi connectivity index (χ0n) is 19.9. The van der Waals surface area contributed by atoms with Gasteiger partial charge in [0.25, 0.3) is 23.9 Å². The minimum atomic E-state index is -0.833. The normalized spacial score (nSPS) is 8.51. The van der Waals surface area contributed by atoms with Gasteiger partial charge >= 0.3 is 0 Å². The topological polar surface area (TPSA) is 239 Å². The number of aromatic hydroxyl groups is 4. The molecule has 0 amide bonds. The van der Waals surface area contributed by atoms with Crippen molar-refractivity contribution < 1.29 is 64.8 Å². The van der Waals surface area contributed by atoms with E-state index in [1.807, 2.05) is 0 Å². The van der Waals surface area contributed by atoms with Crippen molar-refractivity contribution in [2.45, 2.75) is 41.5 Å². The Hall–Kier alpha value is -4.68. The Morgan fingerprint density at radius 1 is 0.543 bits per heavy atom. The summed E-state index contributed by atoms with van der Waals surface area (Å²) in [4.78, 5) is 36.0. The molecular weight excluding hydrogens is 472 g/mol. The number of ether oxygens (including phenoxy) is 1. The van der Waals surface area contributed by atoms with E-state index in [1.54, 1.807) is 13.8 Å². The number of rotatable bonds is 2. The number of carbonyl (C=O) groups is 4. The van der Waals surface area contributed by atoms with Crippen LogP contribution >= 0.6 is 0 Å². The molecule has 0 heterocycles. The van der Waals surface area contributed by atoms with Crippen LogP contribution in [0.15, 0.2) is 24.3 Å². The Kier molecular flexibility index (Phi) is 17.8. The summed E-state index contributed by atoms with van der Waals surface area (Å²) in [6.45, 7) is 7.78. The number of aryl methyl sites for hydroxylation is 2. The number of carboxylic acid groups (broad SMARTS) is 4. The quantitative estimate of drug-likeness (QED) is 0.275. The van der Waals surface area contributed by atoms with E-state index in [1.165, 1.54) is 24.3 Å². The van der Waals surface area contributed by atoms with Crippen LogP contribution < -0.4 is 4.74 Å². The third-order valence-corrected chi connectivity index (χ3v) is 2.62. The number of hydrogen-bond donors (Lipinski definition) is 8. The van der Waals surface area contributed by atoms with Gasteiger partial charge in [0.15, 0.2) is 23.0 Å². The molecular formula is C22H30O13. The van der Waals surface area contributed by atoms with Crippen molar-refractivity contribution in [2.75, 3.05) is 0 Å². The number of benzene rings is 2. The second-order valence-corrected chi connectivity index (χ2v) is 6.44. The van der Waals surface area contributed by atoms with Gasteiger partial charge in [0.1, 0.15) is 0 Å². The van der Waals surface area contributed by atoms with Gasteiger partial charge in [-0.2, -0.15) is 0 Å². The molecule has 13 nitrogen and oxygen atoms in total. The van der Waals surface area contributed by atoms with Crippen LogP contribution in [0.25, 0.3) is 0 Å². The molecule has 0 radical (unpaired) electrons. The van der Waals surface area contributed by atoms with Crippen LogP contribution in [0.4, 0.5) is 0 Å². The minimum absolute atomic E-state index is 0.00204. The molecule has 2 aromatic carbocycles. The van der Waals surface area contributed by atoms with Crippen LogP contribution in [-0.2, 0) is 19.2 Å². The van der Waals surface area contributed by atoms with Gasteiger partial charge < -0.3 is 45.6 Å². The molecule has 0 spiro atoms. The molecule has 35 heavy (non-hydrogen) atoms. The Labute approximate surface area is 200 Å². The molecule has 0 unspecified atom stereocenters. The monoisotopic (exact) mass is 502 g/mol. The van der Waals surface area contributed by atoms with E-state index in [4.69, 9.17) is 44.3 Å². The molecule has 13 heteroatoms. The standard InChI is InChI=1S/C14H14O5.4C2H4O2/c1-7-3-9(15)13(17)11(5-7)19-12-6-8(2)4-10(16)14(12)18;4*1-2(3)4/h3-6,15-18H,1-2H3;4*1H3,(H,3,4). The first-order valence-electron chi connectivity index (χ1n) is 9.32. The van der Waals surface area contributed by atoms with Crippen LogP contribution in [0.2, 0.25) is 0 Å². The second kappa shape index (κ2) is 17.8. The fraction of sp³-hybridized carbons (Fsp3) is 0.273. The molecule has 0 aromatic heterocycles. The smallest absolute Gasteiger partial charge is 0.300 e. The zero-order valence-corrected chi connectivity index (χ0v) is 19.9. The molecule has 0 atom stereocenters. The third kappa shape index (κ3) is 22.3. The minimum Gasteiger partial charge on any atom is -0.504 e. The van der Waals surface area contributed by atoms with Crippen LogP contribution in [0, 0.1) is 13.8 Å². The van der Waals surface area contributed by atoms with E-state index in [0.717, 1.165) is 27.7 Å². The van der Waals surface area contributed by atoms with E-state index in [0.29, 0.717) is 11.1 Å². The highest BCUT2D eigenvalue weighted by Gasteiger charge is 2.14. The summed E-state index contributed by atoms with van der Waals surface area (Å²) in [6.07, 6.45) is 0. The van der Waals surface area contributed by atoms with Crippen molar-refractivity contribution >= 4 is 23.9 Å². The molecule has 2 rings (SSSR count). The van der Waals surface area contributed by atoms with Gasteiger partial charge in [-0.3, -0.25) is 19.2 Å². The number of aliphatic carboxylic acids is 4. The fourth-order valence-corrected chi connectivity index (χ4v) is 1.73. The van der Waals surface area contributed by atoms with E-state index in [9.17, 15) is 20.4 Å². The molecule has 0 bridgehead atoms. The first kappa shape index (κ1) is 34.9. The van der Waals surface area contributed by atoms with Crippen molar-refractivity contribution in [1.82, 2.24) is 0 Å². The molecule has 0 saturated carbocycles. The summed E-state index contributed by atoms with van der Waals surface area (Å²) >= 11 is 0. The Morgan fingerprint density at radius 3 is 0.943 bits per heavy atom. The number of phenolic OH excluding ortho intramolecular Hbond substituents is 4. The highest BCUT2D eigenvalue weighted by molar-refractivity contribution is 5.63. The van der Waals surface area contributed by atoms with Gasteiger partial charge in [-0.15, -0.1) is 0 Å². The Bertz CT molecular complexity index is 878. The van der Waals surface area contributed by atoms with Gasteiger partial charge in [0.05, 0.1) is 0 Å². The lowest BCUT2D eigenvalue weighted by atomic mass is 10.2. The Balaban J connectivity index is -0.000000524. The van der Waals surface area contributed by atoms with Crippen molar-refractivity contribution in [1.29, 1.82) is 0 Å². The summed E-state index contributed by atoms with van der Waals surface area (Å²) in [5.74, 6) is -4.81. The summed E-state index contributed by atoms with van der Waals surface area (Å²) in [6, 6.07) is 5.79. The molecule has 8 N–H and O–H groups in total. The van der Waals surface area contributed by atoms with Gasteiger partial charge in [-0.25, -0.2) is 0 Å². The molecule has 0 aliphatic heterocycles. The summed E-state index contributed by atoms with van der Waals surface area (Å²) in [5.41, 5.74) is 1.36. The van der Waals surface area contributed by atoms with Crippen molar-refractivity contribution in [2.24, 2.45) is 0 Å². The van der Waals surface area contributed by atoms with Crippen LogP contribution in [-0.4, -0.2) is 64.7 Å². The summed E-state index contributed by atoms with van der Waals surface area (Å²) in [5, 5.41) is 68.0. The molecule has 0 saturated heterocycles.